The van der Waals surface area contributed by atoms with Gasteiger partial charge < -0.3 is 10.2 Å². The van der Waals surface area contributed by atoms with Crippen molar-refractivity contribution < 1.29 is 22.4 Å². The highest BCUT2D eigenvalue weighted by molar-refractivity contribution is 7.92. The molecule has 0 aliphatic heterocycles. The monoisotopic (exact) mass is 567 g/mol. The van der Waals surface area contributed by atoms with Gasteiger partial charge in [-0.3, -0.25) is 13.9 Å². The molecule has 0 bridgehead atoms. The first kappa shape index (κ1) is 30.8. The Morgan fingerprint density at radius 2 is 1.55 bits per heavy atom. The zero-order valence-corrected chi connectivity index (χ0v) is 24.3. The minimum Gasteiger partial charge on any atom is -0.354 e. The Balaban J connectivity index is 2.04. The minimum atomic E-state index is -3.87. The number of hydrogen-bond donors (Lipinski definition) is 1. The molecule has 0 saturated heterocycles. The van der Waals surface area contributed by atoms with Gasteiger partial charge in [-0.15, -0.1) is 0 Å². The van der Waals surface area contributed by atoms with Crippen molar-refractivity contribution in [2.45, 2.75) is 52.1 Å². The summed E-state index contributed by atoms with van der Waals surface area (Å²) in [4.78, 5) is 28.7. The molecule has 1 N–H and O–H groups in total. The van der Waals surface area contributed by atoms with E-state index in [-0.39, 0.29) is 30.4 Å². The molecule has 1 atom stereocenters. The predicted molar refractivity (Wildman–Crippen MR) is 157 cm³/mol. The first-order chi connectivity index (χ1) is 19.0. The second-order valence-electron chi connectivity index (χ2n) is 10.1. The number of anilines is 1. The molecule has 0 heterocycles. The van der Waals surface area contributed by atoms with E-state index < -0.39 is 34.3 Å². The molecule has 9 heteroatoms. The lowest BCUT2D eigenvalue weighted by atomic mass is 10.0. The third-order valence-electron chi connectivity index (χ3n) is 6.65. The van der Waals surface area contributed by atoms with Crippen LogP contribution in [0.2, 0.25) is 0 Å². The Morgan fingerprint density at radius 3 is 2.12 bits per heavy atom. The maximum atomic E-state index is 14.8. The first-order valence-corrected chi connectivity index (χ1v) is 15.3. The minimum absolute atomic E-state index is 0.179. The molecule has 7 nitrogen and oxygen atoms in total. The van der Waals surface area contributed by atoms with Gasteiger partial charge in [0.05, 0.1) is 11.9 Å². The van der Waals surface area contributed by atoms with Crippen LogP contribution in [-0.4, -0.2) is 50.5 Å². The number of amides is 2. The number of rotatable bonds is 13. The van der Waals surface area contributed by atoms with Crippen LogP contribution in [0, 0.1) is 5.82 Å². The molecule has 3 aromatic carbocycles. The molecule has 0 saturated carbocycles. The molecule has 0 spiro atoms. The van der Waals surface area contributed by atoms with E-state index in [9.17, 15) is 22.4 Å². The van der Waals surface area contributed by atoms with Crippen LogP contribution in [0.25, 0.3) is 0 Å². The molecule has 214 valence electrons. The summed E-state index contributed by atoms with van der Waals surface area (Å²) in [6.45, 7) is 5.65. The summed E-state index contributed by atoms with van der Waals surface area (Å²) < 4.78 is 41.6. The van der Waals surface area contributed by atoms with Crippen LogP contribution in [0.3, 0.4) is 0 Å². The summed E-state index contributed by atoms with van der Waals surface area (Å²) in [7, 11) is -3.87. The van der Waals surface area contributed by atoms with Crippen molar-refractivity contribution in [1.82, 2.24) is 10.2 Å². The third kappa shape index (κ3) is 8.39. The molecule has 0 aliphatic rings. The van der Waals surface area contributed by atoms with E-state index in [2.05, 4.69) is 5.32 Å². The summed E-state index contributed by atoms with van der Waals surface area (Å²) in [6.07, 6.45) is 1.91. The van der Waals surface area contributed by atoms with Gasteiger partial charge in [-0.2, -0.15) is 0 Å². The number of carbonyl (C=O) groups is 2. The normalized spacial score (nSPS) is 12.2. The fourth-order valence-electron chi connectivity index (χ4n) is 4.37. The molecule has 0 radical (unpaired) electrons. The standard InChI is InChI=1S/C31H38FN3O4S/c1-5-19-33-31(37)29(20-24-11-7-6-8-12-24)34(21-26-13-9-10-14-28(26)32)30(36)22-35(40(4,38)39)27-17-15-25(16-18-27)23(2)3/h6-18,23,29H,5,19-22H2,1-4H3,(H,33,37)/t29-/m1/s1. The van der Waals surface area contributed by atoms with E-state index in [1.54, 1.807) is 30.3 Å². The zero-order chi connectivity index (χ0) is 29.3. The van der Waals surface area contributed by atoms with Crippen LogP contribution in [0.5, 0.6) is 0 Å². The van der Waals surface area contributed by atoms with E-state index in [1.165, 1.54) is 11.0 Å². The van der Waals surface area contributed by atoms with Crippen molar-refractivity contribution in [2.24, 2.45) is 0 Å². The van der Waals surface area contributed by atoms with Crippen molar-refractivity contribution in [1.29, 1.82) is 0 Å². The van der Waals surface area contributed by atoms with Crippen molar-refractivity contribution in [3.05, 3.63) is 101 Å². The maximum Gasteiger partial charge on any atom is 0.244 e. The van der Waals surface area contributed by atoms with Crippen LogP contribution in [0.15, 0.2) is 78.9 Å². The number of carbonyl (C=O) groups excluding carboxylic acids is 2. The van der Waals surface area contributed by atoms with Crippen molar-refractivity contribution in [2.75, 3.05) is 23.7 Å². The van der Waals surface area contributed by atoms with Crippen molar-refractivity contribution in [3.63, 3.8) is 0 Å². The second-order valence-corrected chi connectivity index (χ2v) is 12.0. The Labute approximate surface area is 237 Å². The van der Waals surface area contributed by atoms with Gasteiger partial charge in [0.1, 0.15) is 18.4 Å². The number of sulfonamides is 1. The zero-order valence-electron chi connectivity index (χ0n) is 23.5. The van der Waals surface area contributed by atoms with Crippen LogP contribution in [0.1, 0.15) is 49.8 Å². The number of halogens is 1. The summed E-state index contributed by atoms with van der Waals surface area (Å²) in [5.41, 5.74) is 2.40. The molecule has 40 heavy (non-hydrogen) atoms. The summed E-state index contributed by atoms with van der Waals surface area (Å²) >= 11 is 0. The Hall–Kier alpha value is -3.72. The lowest BCUT2D eigenvalue weighted by Crippen LogP contribution is -2.53. The lowest BCUT2D eigenvalue weighted by Gasteiger charge is -2.33. The fourth-order valence-corrected chi connectivity index (χ4v) is 5.22. The van der Waals surface area contributed by atoms with Crippen LogP contribution in [-0.2, 0) is 32.6 Å². The molecule has 3 aromatic rings. The van der Waals surface area contributed by atoms with Crippen LogP contribution in [0.4, 0.5) is 10.1 Å². The number of benzene rings is 3. The fraction of sp³-hybridized carbons (Fsp3) is 0.355. The Bertz CT molecular complexity index is 1380. The van der Waals surface area contributed by atoms with Gasteiger partial charge in [0.15, 0.2) is 0 Å². The average molecular weight is 568 g/mol. The van der Waals surface area contributed by atoms with Gasteiger partial charge in [-0.1, -0.05) is 81.4 Å². The van der Waals surface area contributed by atoms with E-state index in [0.717, 1.165) is 21.7 Å². The van der Waals surface area contributed by atoms with Crippen molar-refractivity contribution in [3.8, 4) is 0 Å². The summed E-state index contributed by atoms with van der Waals surface area (Å²) in [6, 6.07) is 21.3. The van der Waals surface area contributed by atoms with Crippen LogP contribution < -0.4 is 9.62 Å². The first-order valence-electron chi connectivity index (χ1n) is 13.4. The molecule has 0 fully saturated rings. The Morgan fingerprint density at radius 1 is 0.925 bits per heavy atom. The molecular weight excluding hydrogens is 529 g/mol. The van der Waals surface area contributed by atoms with E-state index >= 15 is 0 Å². The summed E-state index contributed by atoms with van der Waals surface area (Å²) in [5.74, 6) is -1.27. The number of hydrogen-bond acceptors (Lipinski definition) is 4. The highest BCUT2D eigenvalue weighted by Gasteiger charge is 2.33. The smallest absolute Gasteiger partial charge is 0.244 e. The molecular formula is C31H38FN3O4S. The number of nitrogens with zero attached hydrogens (tertiary/aromatic N) is 2. The average Bonchev–Trinajstić information content (AvgIpc) is 2.93. The predicted octanol–water partition coefficient (Wildman–Crippen LogP) is 4.88. The van der Waals surface area contributed by atoms with Crippen LogP contribution >= 0.6 is 0 Å². The highest BCUT2D eigenvalue weighted by atomic mass is 32.2. The van der Waals surface area contributed by atoms with Gasteiger partial charge in [0.2, 0.25) is 21.8 Å². The largest absolute Gasteiger partial charge is 0.354 e. The lowest BCUT2D eigenvalue weighted by molar-refractivity contribution is -0.140. The van der Waals surface area contributed by atoms with E-state index in [0.29, 0.717) is 18.7 Å². The molecule has 0 aromatic heterocycles. The molecule has 3 rings (SSSR count). The van der Waals surface area contributed by atoms with E-state index in [1.807, 2.05) is 63.2 Å². The number of nitrogens with one attached hydrogen (secondary N) is 1. The SMILES string of the molecule is CCCNC(=O)[C@@H](Cc1ccccc1)N(Cc1ccccc1F)C(=O)CN(c1ccc(C(C)C)cc1)S(C)(=O)=O. The third-order valence-corrected chi connectivity index (χ3v) is 7.79. The molecule has 0 unspecified atom stereocenters. The maximum absolute atomic E-state index is 14.8. The van der Waals surface area contributed by atoms with E-state index in [4.69, 9.17) is 0 Å². The highest BCUT2D eigenvalue weighted by Crippen LogP contribution is 2.23. The van der Waals surface area contributed by atoms with Gasteiger partial charge in [0.25, 0.3) is 0 Å². The molecule has 0 aliphatic carbocycles. The van der Waals surface area contributed by atoms with Crippen molar-refractivity contribution >= 4 is 27.5 Å². The van der Waals surface area contributed by atoms with Gasteiger partial charge >= 0.3 is 0 Å². The topological polar surface area (TPSA) is 86.8 Å². The Kier molecular flexibility index (Phi) is 10.8. The van der Waals surface area contributed by atoms with Gasteiger partial charge in [0, 0.05) is 25.1 Å². The van der Waals surface area contributed by atoms with Gasteiger partial charge in [-0.25, -0.2) is 12.8 Å². The van der Waals surface area contributed by atoms with Gasteiger partial charge in [-0.05, 0) is 41.7 Å². The quantitative estimate of drug-likeness (QED) is 0.319. The summed E-state index contributed by atoms with van der Waals surface area (Å²) in [5, 5.41) is 2.86. The molecule has 2 amide bonds. The second kappa shape index (κ2) is 14.1.